The van der Waals surface area contributed by atoms with Crippen LogP contribution in [0.15, 0.2) is 0 Å². The molecule has 7 unspecified atom stereocenters. The van der Waals surface area contributed by atoms with Crippen molar-refractivity contribution >= 4 is 24.4 Å². The minimum atomic E-state index is -1.20. The summed E-state index contributed by atoms with van der Waals surface area (Å²) in [5, 5.41) is 0. The van der Waals surface area contributed by atoms with Crippen molar-refractivity contribution in [2.75, 3.05) is 51.5 Å². The predicted molar refractivity (Wildman–Crippen MR) is 96.9 cm³/mol. The first kappa shape index (κ1) is 20.2. The van der Waals surface area contributed by atoms with Gasteiger partial charge >= 0.3 is 15.6 Å². The highest BCUT2D eigenvalue weighted by molar-refractivity contribution is 7.46. The van der Waals surface area contributed by atoms with Gasteiger partial charge in [0, 0.05) is 15.2 Å². The van der Waals surface area contributed by atoms with E-state index in [-0.39, 0.29) is 11.7 Å². The Balaban J connectivity index is 0.000000146. The smallest absolute Gasteiger partial charge is 0.372 e. The third-order valence-electron chi connectivity index (χ3n) is 4.05. The van der Waals surface area contributed by atoms with Gasteiger partial charge < -0.3 is 23.5 Å². The average molecular weight is 412 g/mol. The van der Waals surface area contributed by atoms with Crippen LogP contribution in [0.1, 0.15) is 19.3 Å². The molecule has 4 heterocycles. The summed E-state index contributed by atoms with van der Waals surface area (Å²) in [6.45, 7) is 4.08. The summed E-state index contributed by atoms with van der Waals surface area (Å²) in [5.74, 6) is 0.00936. The van der Waals surface area contributed by atoms with E-state index in [9.17, 15) is 9.13 Å². The molecular weight excluding hydrogens is 385 g/mol. The molecule has 0 N–H and O–H groups in total. The highest BCUT2D eigenvalue weighted by Gasteiger charge is 2.45. The Morgan fingerprint density at radius 2 is 1.36 bits per heavy atom. The molecule has 0 radical (unpaired) electrons. The summed E-state index contributed by atoms with van der Waals surface area (Å²) in [6, 6.07) is 0. The van der Waals surface area contributed by atoms with Crippen LogP contribution >= 0.6 is 24.4 Å². The van der Waals surface area contributed by atoms with Gasteiger partial charge in [-0.15, -0.1) is 0 Å². The lowest BCUT2D eigenvalue weighted by atomic mass is 10.4. The van der Waals surface area contributed by atoms with E-state index in [1.165, 1.54) is 6.42 Å². The number of ether oxygens (including phenoxy) is 4. The molecule has 7 nitrogen and oxygen atoms in total. The van der Waals surface area contributed by atoms with Crippen LogP contribution in [-0.2, 0) is 32.6 Å². The summed E-state index contributed by atoms with van der Waals surface area (Å²) in [4.78, 5) is 0. The molecule has 4 aliphatic rings. The lowest BCUT2D eigenvalue weighted by Crippen LogP contribution is -1.93. The molecule has 0 amide bonds. The van der Waals surface area contributed by atoms with Crippen molar-refractivity contribution < 1.29 is 32.6 Å². The summed E-state index contributed by atoms with van der Waals surface area (Å²) in [7, 11) is -1.74. The predicted octanol–water partition coefficient (Wildman–Crippen LogP) is 2.92. The SMILES string of the molecule is C(CC1CO1)OPCCC1CO1.O=[P+](CCC[P+](=O)C1CO1)C1CO1. The fourth-order valence-corrected chi connectivity index (χ4v) is 5.56. The molecule has 0 aromatic rings. The minimum Gasteiger partial charge on any atom is -0.373 e. The van der Waals surface area contributed by atoms with E-state index in [0.717, 1.165) is 38.8 Å². The second-order valence-electron chi connectivity index (χ2n) is 6.44. The van der Waals surface area contributed by atoms with E-state index in [0.29, 0.717) is 46.6 Å². The van der Waals surface area contributed by atoms with Crippen molar-refractivity contribution in [3.05, 3.63) is 0 Å². The van der Waals surface area contributed by atoms with Crippen molar-refractivity contribution in [1.82, 2.24) is 0 Å². The molecule has 0 bridgehead atoms. The highest BCUT2D eigenvalue weighted by Crippen LogP contribution is 2.41. The largest absolute Gasteiger partial charge is 0.373 e. The molecule has 4 saturated heterocycles. The molecule has 10 heteroatoms. The summed E-state index contributed by atoms with van der Waals surface area (Å²) < 4.78 is 48.0. The van der Waals surface area contributed by atoms with E-state index in [4.69, 9.17) is 23.5 Å². The van der Waals surface area contributed by atoms with Crippen molar-refractivity contribution in [2.24, 2.45) is 0 Å². The fourth-order valence-electron chi connectivity index (χ4n) is 2.11. The first-order chi connectivity index (χ1) is 12.2. The van der Waals surface area contributed by atoms with Gasteiger partial charge in [-0.1, -0.05) is 9.13 Å². The van der Waals surface area contributed by atoms with Gasteiger partial charge in [-0.2, -0.15) is 0 Å². The Hall–Kier alpha value is 0.430. The molecule has 4 aliphatic heterocycles. The lowest BCUT2D eigenvalue weighted by Gasteiger charge is -2.00. The van der Waals surface area contributed by atoms with Gasteiger partial charge in [-0.25, -0.2) is 0 Å². The molecule has 0 aromatic carbocycles. The van der Waals surface area contributed by atoms with Crippen LogP contribution in [0.5, 0.6) is 0 Å². The van der Waals surface area contributed by atoms with E-state index < -0.39 is 15.6 Å². The van der Waals surface area contributed by atoms with Crippen LogP contribution in [0.2, 0.25) is 0 Å². The Morgan fingerprint density at radius 1 is 0.840 bits per heavy atom. The minimum absolute atomic E-state index is 0.00468. The molecular formula is C15H27O7P3+2. The quantitative estimate of drug-likeness (QED) is 0.261. The zero-order chi connectivity index (χ0) is 17.5. The molecule has 0 aromatic heterocycles. The Kier molecular flexibility index (Phi) is 8.62. The van der Waals surface area contributed by atoms with Crippen LogP contribution in [0.3, 0.4) is 0 Å². The molecule has 4 rings (SSSR count). The molecule has 7 atom stereocenters. The third kappa shape index (κ3) is 9.79. The van der Waals surface area contributed by atoms with Crippen molar-refractivity contribution in [2.45, 2.75) is 43.2 Å². The molecule has 0 spiro atoms. The number of rotatable bonds is 13. The number of hydrogen-bond acceptors (Lipinski definition) is 7. The molecule has 25 heavy (non-hydrogen) atoms. The number of epoxide rings is 4. The van der Waals surface area contributed by atoms with Gasteiger partial charge in [0.2, 0.25) is 0 Å². The van der Waals surface area contributed by atoms with E-state index in [1.54, 1.807) is 0 Å². The maximum absolute atomic E-state index is 11.3. The fraction of sp³-hybridized carbons (Fsp3) is 1.00. The monoisotopic (exact) mass is 412 g/mol. The molecule has 0 saturated carbocycles. The highest BCUT2D eigenvalue weighted by atomic mass is 31.1. The summed E-state index contributed by atoms with van der Waals surface area (Å²) >= 11 is 0. The van der Waals surface area contributed by atoms with E-state index in [2.05, 4.69) is 0 Å². The summed E-state index contributed by atoms with van der Waals surface area (Å²) in [6.07, 6.45) is 6.56. The molecule has 142 valence electrons. The Bertz CT molecular complexity index is 408. The summed E-state index contributed by atoms with van der Waals surface area (Å²) in [5.41, 5.74) is 0. The van der Waals surface area contributed by atoms with Crippen LogP contribution in [0.25, 0.3) is 0 Å². The average Bonchev–Trinajstić information content (AvgIpc) is 3.49. The van der Waals surface area contributed by atoms with Gasteiger partial charge in [-0.3, -0.25) is 0 Å². The maximum Gasteiger partial charge on any atom is 0.372 e. The number of hydrogen-bond donors (Lipinski definition) is 0. The second kappa shape index (κ2) is 10.7. The van der Waals surface area contributed by atoms with Gasteiger partial charge in [-0.05, 0) is 19.0 Å². The Labute approximate surface area is 152 Å². The van der Waals surface area contributed by atoms with Crippen LogP contribution in [0, 0.1) is 0 Å². The van der Waals surface area contributed by atoms with Crippen LogP contribution in [0.4, 0.5) is 0 Å². The normalized spacial score (nSPS) is 32.8. The zero-order valence-corrected chi connectivity index (χ0v) is 17.1. The van der Waals surface area contributed by atoms with Crippen molar-refractivity contribution in [1.29, 1.82) is 0 Å². The van der Waals surface area contributed by atoms with Gasteiger partial charge in [0.15, 0.2) is 12.3 Å². The Morgan fingerprint density at radius 3 is 1.84 bits per heavy atom. The van der Waals surface area contributed by atoms with Gasteiger partial charge in [0.05, 0.1) is 32.0 Å². The maximum atomic E-state index is 11.3. The van der Waals surface area contributed by atoms with Crippen LogP contribution < -0.4 is 0 Å². The van der Waals surface area contributed by atoms with Gasteiger partial charge in [0.1, 0.15) is 13.2 Å². The van der Waals surface area contributed by atoms with Crippen molar-refractivity contribution in [3.63, 3.8) is 0 Å². The van der Waals surface area contributed by atoms with Crippen molar-refractivity contribution in [3.8, 4) is 0 Å². The van der Waals surface area contributed by atoms with Gasteiger partial charge in [0.25, 0.3) is 11.7 Å². The van der Waals surface area contributed by atoms with Crippen LogP contribution in [-0.4, -0.2) is 75.4 Å². The van der Waals surface area contributed by atoms with E-state index >= 15 is 0 Å². The standard InChI is InChI=1S/C8H15O3P.C7H12O4P2/c1(7-5-9-7)3-11-12-4-2-8-6-10-8;8-12(6-4-10-6)2-1-3-13(9)7-5-11-7/h7-8,12H,1-6H2;6-7H,1-5H2/q;+2. The first-order valence-electron chi connectivity index (χ1n) is 8.91. The molecule has 0 aliphatic carbocycles. The lowest BCUT2D eigenvalue weighted by molar-refractivity contribution is 0.310. The first-order valence-corrected chi connectivity index (χ1v) is 13.1. The zero-order valence-electron chi connectivity index (χ0n) is 14.3. The molecule has 4 fully saturated rings. The topological polar surface area (TPSA) is 93.5 Å². The third-order valence-corrected chi connectivity index (χ3v) is 8.34. The second-order valence-corrected chi connectivity index (χ2v) is 11.2. The van der Waals surface area contributed by atoms with E-state index in [1.807, 2.05) is 0 Å².